The number of nitrogens with one attached hydrogen (secondary N) is 1. The van der Waals surface area contributed by atoms with Gasteiger partial charge in [-0.2, -0.15) is 26.3 Å². The molecule has 0 bridgehead atoms. The van der Waals surface area contributed by atoms with E-state index in [9.17, 15) is 31.1 Å². The van der Waals surface area contributed by atoms with Gasteiger partial charge in [0.25, 0.3) is 5.91 Å². The summed E-state index contributed by atoms with van der Waals surface area (Å²) in [5.74, 6) is -0.929. The van der Waals surface area contributed by atoms with E-state index in [1.165, 1.54) is 4.40 Å². The van der Waals surface area contributed by atoms with Crippen molar-refractivity contribution in [2.24, 2.45) is 0 Å². The van der Waals surface area contributed by atoms with Crippen LogP contribution in [0.25, 0.3) is 5.65 Å². The van der Waals surface area contributed by atoms with Gasteiger partial charge in [0.1, 0.15) is 22.2 Å². The van der Waals surface area contributed by atoms with E-state index in [0.29, 0.717) is 11.8 Å². The Morgan fingerprint density at radius 1 is 1.13 bits per heavy atom. The van der Waals surface area contributed by atoms with Crippen molar-refractivity contribution >= 4 is 34.8 Å². The summed E-state index contributed by atoms with van der Waals surface area (Å²) in [5.41, 5.74) is 2.85. The molecule has 0 aliphatic heterocycles. The fourth-order valence-corrected chi connectivity index (χ4v) is 3.38. The molecular weight excluding hydrogens is 436 g/mol. The van der Waals surface area contributed by atoms with Gasteiger partial charge in [-0.15, -0.1) is 11.8 Å². The van der Waals surface area contributed by atoms with Crippen molar-refractivity contribution < 1.29 is 31.1 Å². The number of rotatable bonds is 4. The lowest BCUT2D eigenvalue weighted by Gasteiger charge is -2.10. The molecule has 3 heterocycles. The average molecular weight is 449 g/mol. The minimum Gasteiger partial charge on any atom is -0.382 e. The van der Waals surface area contributed by atoms with Crippen molar-refractivity contribution in [1.29, 1.82) is 0 Å². The molecule has 0 aliphatic carbocycles. The number of nitrogen functional groups attached to an aromatic ring is 1. The van der Waals surface area contributed by atoms with E-state index in [1.54, 1.807) is 6.92 Å². The quantitative estimate of drug-likeness (QED) is 0.445. The molecule has 0 fully saturated rings. The summed E-state index contributed by atoms with van der Waals surface area (Å²) in [6.07, 6.45) is -8.15. The fourth-order valence-electron chi connectivity index (χ4n) is 2.54. The van der Waals surface area contributed by atoms with Crippen molar-refractivity contribution in [3.63, 3.8) is 0 Å². The summed E-state index contributed by atoms with van der Waals surface area (Å²) in [5, 5.41) is 2.58. The highest BCUT2D eigenvalue weighted by molar-refractivity contribution is 7.99. The van der Waals surface area contributed by atoms with E-state index >= 15 is 0 Å². The van der Waals surface area contributed by atoms with Gasteiger partial charge in [-0.1, -0.05) is 6.92 Å². The monoisotopic (exact) mass is 449 g/mol. The number of alkyl halides is 6. The van der Waals surface area contributed by atoms with E-state index in [1.807, 2.05) is 0 Å². The molecule has 3 aromatic rings. The first-order chi connectivity index (χ1) is 13.9. The molecule has 6 nitrogen and oxygen atoms in total. The number of pyridine rings is 2. The van der Waals surface area contributed by atoms with Gasteiger partial charge in [0, 0.05) is 6.20 Å². The minimum atomic E-state index is -4.71. The number of imidazole rings is 1. The van der Waals surface area contributed by atoms with Crippen LogP contribution in [0.3, 0.4) is 0 Å². The summed E-state index contributed by atoms with van der Waals surface area (Å²) < 4.78 is 78.3. The Balaban J connectivity index is 1.99. The summed E-state index contributed by atoms with van der Waals surface area (Å²) in [6.45, 7) is 1.77. The van der Waals surface area contributed by atoms with Crippen LogP contribution in [-0.2, 0) is 12.4 Å². The molecule has 0 aromatic carbocycles. The van der Waals surface area contributed by atoms with Crippen molar-refractivity contribution in [2.75, 3.05) is 16.8 Å². The average Bonchev–Trinajstić information content (AvgIpc) is 3.00. The standard InChI is InChI=1S/C17H13F6N5OS/c1-2-30-15-12(27-11-7-8(16(18,19)20)5-6-28(11)15)14(29)25-9-3-4-10(17(21,22)23)26-13(9)24/h3-7H,2H2,1H3,(H2,24,26)(H,25,29). The predicted octanol–water partition coefficient (Wildman–Crippen LogP) is 4.71. The second-order valence-corrected chi connectivity index (χ2v) is 7.17. The summed E-state index contributed by atoms with van der Waals surface area (Å²) in [6, 6.07) is 3.23. The molecule has 0 saturated carbocycles. The molecular formula is C17H13F6N5OS. The second-order valence-electron chi connectivity index (χ2n) is 5.92. The van der Waals surface area contributed by atoms with Gasteiger partial charge in [-0.05, 0) is 30.0 Å². The lowest BCUT2D eigenvalue weighted by Crippen LogP contribution is -2.17. The normalized spacial score (nSPS) is 12.4. The number of hydrogen-bond acceptors (Lipinski definition) is 5. The zero-order chi connectivity index (χ0) is 22.3. The predicted molar refractivity (Wildman–Crippen MR) is 98.2 cm³/mol. The van der Waals surface area contributed by atoms with Crippen molar-refractivity contribution in [3.05, 3.63) is 47.4 Å². The lowest BCUT2D eigenvalue weighted by atomic mass is 10.2. The SMILES string of the molecule is CCSc1c(C(=O)Nc2ccc(C(F)(F)F)nc2N)nc2cc(C(F)(F)F)ccn12. The Hall–Kier alpha value is -2.96. The minimum absolute atomic E-state index is 0.107. The number of amides is 1. The van der Waals surface area contributed by atoms with Crippen LogP contribution in [0, 0.1) is 0 Å². The molecule has 3 aromatic heterocycles. The Kier molecular flexibility index (Phi) is 5.58. The molecule has 0 saturated heterocycles. The molecule has 0 radical (unpaired) electrons. The number of carbonyl (C=O) groups is 1. The zero-order valence-corrected chi connectivity index (χ0v) is 15.9. The van der Waals surface area contributed by atoms with Crippen LogP contribution >= 0.6 is 11.8 Å². The number of hydrogen-bond donors (Lipinski definition) is 2. The molecule has 0 spiro atoms. The molecule has 1 amide bonds. The number of aromatic nitrogens is 3. The number of fused-ring (bicyclic) bond motifs is 1. The largest absolute Gasteiger partial charge is 0.433 e. The first-order valence-electron chi connectivity index (χ1n) is 8.29. The van der Waals surface area contributed by atoms with Crippen molar-refractivity contribution in [1.82, 2.24) is 14.4 Å². The van der Waals surface area contributed by atoms with E-state index in [2.05, 4.69) is 15.3 Å². The lowest BCUT2D eigenvalue weighted by molar-refractivity contribution is -0.141. The van der Waals surface area contributed by atoms with Crippen LogP contribution in [0.5, 0.6) is 0 Å². The number of carbonyl (C=O) groups excluding carboxylic acids is 1. The number of nitrogens with zero attached hydrogens (tertiary/aromatic N) is 3. The summed E-state index contributed by atoms with van der Waals surface area (Å²) >= 11 is 1.16. The Morgan fingerprint density at radius 2 is 1.83 bits per heavy atom. The first kappa shape index (κ1) is 21.7. The Morgan fingerprint density at radius 3 is 2.40 bits per heavy atom. The van der Waals surface area contributed by atoms with Gasteiger partial charge in [0.2, 0.25) is 0 Å². The molecule has 30 heavy (non-hydrogen) atoms. The third kappa shape index (κ3) is 4.30. The van der Waals surface area contributed by atoms with Crippen LogP contribution in [0.15, 0.2) is 35.5 Å². The van der Waals surface area contributed by atoms with E-state index in [0.717, 1.165) is 36.2 Å². The molecule has 3 N–H and O–H groups in total. The molecule has 160 valence electrons. The van der Waals surface area contributed by atoms with Crippen LogP contribution in [0.2, 0.25) is 0 Å². The molecule has 0 aliphatic rings. The maximum Gasteiger partial charge on any atom is 0.433 e. The zero-order valence-electron chi connectivity index (χ0n) is 15.1. The van der Waals surface area contributed by atoms with Crippen LogP contribution in [0.4, 0.5) is 37.8 Å². The van der Waals surface area contributed by atoms with Crippen LogP contribution < -0.4 is 11.1 Å². The van der Waals surface area contributed by atoms with Crippen LogP contribution in [-0.4, -0.2) is 26.0 Å². The number of thioether (sulfide) groups is 1. The van der Waals surface area contributed by atoms with Gasteiger partial charge < -0.3 is 11.1 Å². The first-order valence-corrected chi connectivity index (χ1v) is 9.27. The number of anilines is 2. The molecule has 3 rings (SSSR count). The molecule has 13 heteroatoms. The van der Waals surface area contributed by atoms with Crippen molar-refractivity contribution in [2.45, 2.75) is 24.3 Å². The number of nitrogens with two attached hydrogens (primary N) is 1. The Labute approximate surface area is 169 Å². The maximum absolute atomic E-state index is 13.0. The van der Waals surface area contributed by atoms with Gasteiger partial charge >= 0.3 is 12.4 Å². The van der Waals surface area contributed by atoms with Crippen LogP contribution in [0.1, 0.15) is 28.7 Å². The summed E-state index contributed by atoms with van der Waals surface area (Å²) in [7, 11) is 0. The van der Waals surface area contributed by atoms with E-state index < -0.39 is 35.3 Å². The second kappa shape index (κ2) is 7.70. The summed E-state index contributed by atoms with van der Waals surface area (Å²) in [4.78, 5) is 19.9. The highest BCUT2D eigenvalue weighted by Gasteiger charge is 2.33. The van der Waals surface area contributed by atoms with Gasteiger partial charge in [0.15, 0.2) is 5.69 Å². The van der Waals surface area contributed by atoms with Gasteiger partial charge in [0.05, 0.1) is 11.3 Å². The topological polar surface area (TPSA) is 85.3 Å². The highest BCUT2D eigenvalue weighted by Crippen LogP contribution is 2.33. The molecule has 0 unspecified atom stereocenters. The third-order valence-corrected chi connectivity index (χ3v) is 4.82. The number of halogens is 6. The van der Waals surface area contributed by atoms with E-state index in [-0.39, 0.29) is 22.1 Å². The van der Waals surface area contributed by atoms with Gasteiger partial charge in [-0.25, -0.2) is 9.97 Å². The molecule has 0 atom stereocenters. The van der Waals surface area contributed by atoms with E-state index in [4.69, 9.17) is 5.73 Å². The maximum atomic E-state index is 13.0. The smallest absolute Gasteiger partial charge is 0.382 e. The highest BCUT2D eigenvalue weighted by atomic mass is 32.2. The van der Waals surface area contributed by atoms with Crippen molar-refractivity contribution in [3.8, 4) is 0 Å². The fraction of sp³-hybridized carbons (Fsp3) is 0.235. The van der Waals surface area contributed by atoms with Gasteiger partial charge in [-0.3, -0.25) is 9.20 Å². The Bertz CT molecular complexity index is 1110. The third-order valence-electron chi connectivity index (χ3n) is 3.87.